The first-order valence-corrected chi connectivity index (χ1v) is 4.41. The Morgan fingerprint density at radius 3 is 2.64 bits per heavy atom. The third kappa shape index (κ3) is 3.01. The Labute approximate surface area is 82.7 Å². The van der Waals surface area contributed by atoms with Crippen molar-refractivity contribution in [3.63, 3.8) is 0 Å². The highest BCUT2D eigenvalue weighted by Gasteiger charge is 2.10. The molecule has 3 nitrogen and oxygen atoms in total. The van der Waals surface area contributed by atoms with Crippen LogP contribution < -0.4 is 0 Å². The van der Waals surface area contributed by atoms with E-state index in [0.717, 1.165) is 0 Å². The summed E-state index contributed by atoms with van der Waals surface area (Å²) in [6, 6.07) is 8.95. The summed E-state index contributed by atoms with van der Waals surface area (Å²) in [5.41, 5.74) is 0.647. The van der Waals surface area contributed by atoms with E-state index in [-0.39, 0.29) is 18.3 Å². The highest BCUT2D eigenvalue weighted by molar-refractivity contribution is 5.96. The van der Waals surface area contributed by atoms with Gasteiger partial charge in [-0.3, -0.25) is 9.59 Å². The number of carbonyl (C=O) groups is 2. The Balaban J connectivity index is 2.55. The van der Waals surface area contributed by atoms with Gasteiger partial charge in [-0.2, -0.15) is 0 Å². The summed E-state index contributed by atoms with van der Waals surface area (Å²) in [5, 5.41) is 0. The lowest BCUT2D eigenvalue weighted by atomic mass is 10.1. The first-order valence-electron chi connectivity index (χ1n) is 4.41. The number of carbonyl (C=O) groups excluding carboxylic acids is 2. The maximum Gasteiger partial charge on any atom is 0.293 e. The number of Topliss-reactive ketones (excluding diaryl/α,β-unsaturated/α-hetero) is 1. The molecular formula is C11H12O3. The van der Waals surface area contributed by atoms with Gasteiger partial charge in [0.15, 0.2) is 5.78 Å². The third-order valence-corrected chi connectivity index (χ3v) is 1.86. The molecule has 14 heavy (non-hydrogen) atoms. The summed E-state index contributed by atoms with van der Waals surface area (Å²) >= 11 is 0. The van der Waals surface area contributed by atoms with Crippen molar-refractivity contribution in [3.05, 3.63) is 35.9 Å². The predicted molar refractivity (Wildman–Crippen MR) is 52.0 cm³/mol. The smallest absolute Gasteiger partial charge is 0.293 e. The maximum absolute atomic E-state index is 11.5. The molecule has 3 heteroatoms. The van der Waals surface area contributed by atoms with Crippen molar-refractivity contribution < 1.29 is 14.3 Å². The van der Waals surface area contributed by atoms with Gasteiger partial charge in [0.2, 0.25) is 0 Å². The van der Waals surface area contributed by atoms with Crippen LogP contribution in [0.1, 0.15) is 23.7 Å². The molecule has 1 rings (SSSR count). The Hall–Kier alpha value is -1.64. The van der Waals surface area contributed by atoms with Gasteiger partial charge in [-0.25, -0.2) is 0 Å². The van der Waals surface area contributed by atoms with E-state index in [9.17, 15) is 9.59 Å². The van der Waals surface area contributed by atoms with E-state index in [2.05, 4.69) is 4.74 Å². The summed E-state index contributed by atoms with van der Waals surface area (Å²) in [5.74, 6) is -0.0139. The van der Waals surface area contributed by atoms with Crippen LogP contribution >= 0.6 is 0 Å². The maximum atomic E-state index is 11.5. The van der Waals surface area contributed by atoms with Crippen molar-refractivity contribution in [2.24, 2.45) is 0 Å². The molecule has 0 aliphatic carbocycles. The van der Waals surface area contributed by atoms with Crippen molar-refractivity contribution >= 4 is 12.3 Å². The SMILES string of the molecule is CC(CC(=O)c1ccccc1)OC=O. The van der Waals surface area contributed by atoms with E-state index in [0.29, 0.717) is 12.0 Å². The summed E-state index contributed by atoms with van der Waals surface area (Å²) in [4.78, 5) is 21.5. The second-order valence-electron chi connectivity index (χ2n) is 3.04. The summed E-state index contributed by atoms with van der Waals surface area (Å²) in [7, 11) is 0. The van der Waals surface area contributed by atoms with Gasteiger partial charge >= 0.3 is 0 Å². The van der Waals surface area contributed by atoms with Crippen LogP contribution in [0.5, 0.6) is 0 Å². The lowest BCUT2D eigenvalue weighted by Gasteiger charge is -2.07. The van der Waals surface area contributed by atoms with E-state index in [1.807, 2.05) is 6.07 Å². The van der Waals surface area contributed by atoms with Crippen LogP contribution in [0.3, 0.4) is 0 Å². The van der Waals surface area contributed by atoms with Crippen molar-refractivity contribution in [3.8, 4) is 0 Å². The zero-order chi connectivity index (χ0) is 10.4. The third-order valence-electron chi connectivity index (χ3n) is 1.86. The summed E-state index contributed by atoms with van der Waals surface area (Å²) in [6.45, 7) is 2.05. The molecule has 1 aromatic carbocycles. The van der Waals surface area contributed by atoms with E-state index >= 15 is 0 Å². The molecule has 0 amide bonds. The number of ether oxygens (including phenoxy) is 1. The summed E-state index contributed by atoms with van der Waals surface area (Å²) in [6.07, 6.45) is -0.136. The molecule has 0 radical (unpaired) electrons. The molecule has 0 aromatic heterocycles. The van der Waals surface area contributed by atoms with Crippen molar-refractivity contribution in [2.75, 3.05) is 0 Å². The molecule has 1 atom stereocenters. The number of rotatable bonds is 5. The summed E-state index contributed by atoms with van der Waals surface area (Å²) < 4.78 is 4.63. The Morgan fingerprint density at radius 2 is 2.07 bits per heavy atom. The average molecular weight is 192 g/mol. The van der Waals surface area contributed by atoms with Gasteiger partial charge in [-0.15, -0.1) is 0 Å². The van der Waals surface area contributed by atoms with E-state index < -0.39 is 0 Å². The van der Waals surface area contributed by atoms with Gasteiger partial charge in [0.1, 0.15) is 6.10 Å². The van der Waals surface area contributed by atoms with Crippen LogP contribution in [0.4, 0.5) is 0 Å². The van der Waals surface area contributed by atoms with E-state index in [1.165, 1.54) is 0 Å². The van der Waals surface area contributed by atoms with Gasteiger partial charge in [0, 0.05) is 12.0 Å². The van der Waals surface area contributed by atoms with Crippen molar-refractivity contribution in [2.45, 2.75) is 19.4 Å². The predicted octanol–water partition coefficient (Wildman–Crippen LogP) is 1.82. The number of benzene rings is 1. The fourth-order valence-corrected chi connectivity index (χ4v) is 1.15. The molecule has 0 saturated carbocycles. The molecule has 0 saturated heterocycles. The topological polar surface area (TPSA) is 43.4 Å². The van der Waals surface area contributed by atoms with Crippen LogP contribution in [-0.2, 0) is 9.53 Å². The number of ketones is 1. The minimum absolute atomic E-state index is 0.0139. The lowest BCUT2D eigenvalue weighted by molar-refractivity contribution is -0.132. The van der Waals surface area contributed by atoms with E-state index in [4.69, 9.17) is 0 Å². The molecule has 1 aromatic rings. The molecule has 1 unspecified atom stereocenters. The van der Waals surface area contributed by atoms with Gasteiger partial charge < -0.3 is 4.74 Å². The first-order chi connectivity index (χ1) is 6.74. The first kappa shape index (κ1) is 10.4. The van der Waals surface area contributed by atoms with Crippen molar-refractivity contribution in [1.29, 1.82) is 0 Å². The van der Waals surface area contributed by atoms with Gasteiger partial charge in [-0.1, -0.05) is 30.3 Å². The minimum Gasteiger partial charge on any atom is -0.464 e. The zero-order valence-electron chi connectivity index (χ0n) is 7.97. The quantitative estimate of drug-likeness (QED) is 0.528. The monoisotopic (exact) mass is 192 g/mol. The lowest BCUT2D eigenvalue weighted by Crippen LogP contribution is -2.13. The van der Waals surface area contributed by atoms with Gasteiger partial charge in [0.25, 0.3) is 6.47 Å². The molecule has 0 heterocycles. The molecule has 0 aliphatic rings. The zero-order valence-corrected chi connectivity index (χ0v) is 7.97. The van der Waals surface area contributed by atoms with Gasteiger partial charge in [-0.05, 0) is 6.92 Å². The molecule has 0 bridgehead atoms. The van der Waals surface area contributed by atoms with Crippen molar-refractivity contribution in [1.82, 2.24) is 0 Å². The van der Waals surface area contributed by atoms with Crippen LogP contribution in [0.15, 0.2) is 30.3 Å². The van der Waals surface area contributed by atoms with Crippen LogP contribution in [0.25, 0.3) is 0 Å². The number of hydrogen-bond donors (Lipinski definition) is 0. The molecule has 0 fully saturated rings. The highest BCUT2D eigenvalue weighted by atomic mass is 16.5. The minimum atomic E-state index is -0.361. The standard InChI is InChI=1S/C11H12O3/c1-9(14-8-12)7-11(13)10-5-3-2-4-6-10/h2-6,8-9H,7H2,1H3. The normalized spacial score (nSPS) is 11.8. The average Bonchev–Trinajstić information content (AvgIpc) is 2.19. The highest BCUT2D eigenvalue weighted by Crippen LogP contribution is 2.06. The second kappa shape index (κ2) is 5.17. The van der Waals surface area contributed by atoms with Gasteiger partial charge in [0.05, 0.1) is 0 Å². The molecule has 0 spiro atoms. The van der Waals surface area contributed by atoms with Crippen LogP contribution in [0, 0.1) is 0 Å². The molecule has 0 N–H and O–H groups in total. The molecular weight excluding hydrogens is 180 g/mol. The Bertz CT molecular complexity index is 306. The van der Waals surface area contributed by atoms with E-state index in [1.54, 1.807) is 31.2 Å². The van der Waals surface area contributed by atoms with Crippen LogP contribution in [0.2, 0.25) is 0 Å². The second-order valence-corrected chi connectivity index (χ2v) is 3.04. The largest absolute Gasteiger partial charge is 0.464 e. The fraction of sp³-hybridized carbons (Fsp3) is 0.273. The Morgan fingerprint density at radius 1 is 1.43 bits per heavy atom. The van der Waals surface area contributed by atoms with Crippen LogP contribution in [-0.4, -0.2) is 18.4 Å². The molecule has 74 valence electrons. The fourth-order valence-electron chi connectivity index (χ4n) is 1.15. The molecule has 0 aliphatic heterocycles. The Kier molecular flexibility index (Phi) is 3.85. The number of hydrogen-bond acceptors (Lipinski definition) is 3.